The molecule has 0 aliphatic rings. The molecule has 16 heavy (non-hydrogen) atoms. The van der Waals surface area contributed by atoms with E-state index in [1.807, 2.05) is 13.0 Å². The van der Waals surface area contributed by atoms with Gasteiger partial charge in [0.05, 0.1) is 6.20 Å². The minimum atomic E-state index is 0.395. The molecule has 0 aromatic carbocycles. The molecule has 0 saturated heterocycles. The summed E-state index contributed by atoms with van der Waals surface area (Å²) < 4.78 is 0. The van der Waals surface area contributed by atoms with Crippen molar-refractivity contribution < 1.29 is 0 Å². The predicted molar refractivity (Wildman–Crippen MR) is 67.6 cm³/mol. The Hall–Kier alpha value is -1.16. The molecular formula is C12H22N4. The molecule has 0 fully saturated rings. The zero-order valence-corrected chi connectivity index (χ0v) is 10.9. The van der Waals surface area contributed by atoms with Gasteiger partial charge in [-0.15, -0.1) is 5.10 Å². The molecule has 1 rings (SSSR count). The van der Waals surface area contributed by atoms with Crippen LogP contribution >= 0.6 is 0 Å². The number of aromatic nitrogens is 2. The molecule has 90 valence electrons. The van der Waals surface area contributed by atoms with Crippen molar-refractivity contribution in [2.75, 3.05) is 26.0 Å². The van der Waals surface area contributed by atoms with Gasteiger partial charge in [-0.05, 0) is 38.6 Å². The first kappa shape index (κ1) is 12.9. The Morgan fingerprint density at radius 2 is 2.06 bits per heavy atom. The standard InChI is InChI=1S/C12H22N4/c1-9(2)11(8-16(4)5)14-12-6-10(3)7-13-15-12/h6-7,9,11H,8H2,1-5H3,(H,14,15). The van der Waals surface area contributed by atoms with Gasteiger partial charge in [0.1, 0.15) is 5.82 Å². The SMILES string of the molecule is Cc1cnnc(NC(CN(C)C)C(C)C)c1. The van der Waals surface area contributed by atoms with Crippen molar-refractivity contribution in [1.29, 1.82) is 0 Å². The van der Waals surface area contributed by atoms with Crippen LogP contribution in [0.2, 0.25) is 0 Å². The summed E-state index contributed by atoms with van der Waals surface area (Å²) in [5, 5.41) is 11.5. The molecule has 0 saturated carbocycles. The number of nitrogens with zero attached hydrogens (tertiary/aromatic N) is 3. The maximum absolute atomic E-state index is 4.09. The lowest BCUT2D eigenvalue weighted by Gasteiger charge is -2.25. The van der Waals surface area contributed by atoms with Gasteiger partial charge in [0.2, 0.25) is 0 Å². The van der Waals surface area contributed by atoms with Crippen LogP contribution in [0.1, 0.15) is 19.4 Å². The van der Waals surface area contributed by atoms with Crippen LogP contribution in [0.15, 0.2) is 12.3 Å². The largest absolute Gasteiger partial charge is 0.364 e. The number of nitrogens with one attached hydrogen (secondary N) is 1. The fourth-order valence-corrected chi connectivity index (χ4v) is 1.54. The van der Waals surface area contributed by atoms with Gasteiger partial charge in [-0.25, -0.2) is 0 Å². The highest BCUT2D eigenvalue weighted by Gasteiger charge is 2.14. The fourth-order valence-electron chi connectivity index (χ4n) is 1.54. The molecule has 0 aliphatic carbocycles. The molecule has 1 atom stereocenters. The lowest BCUT2D eigenvalue weighted by Crippen LogP contribution is -2.36. The lowest BCUT2D eigenvalue weighted by atomic mass is 10.0. The fraction of sp³-hybridized carbons (Fsp3) is 0.667. The summed E-state index contributed by atoms with van der Waals surface area (Å²) in [4.78, 5) is 2.18. The number of rotatable bonds is 5. The number of anilines is 1. The van der Waals surface area contributed by atoms with Gasteiger partial charge in [0, 0.05) is 12.6 Å². The molecule has 0 bridgehead atoms. The third-order valence-corrected chi connectivity index (χ3v) is 2.49. The van der Waals surface area contributed by atoms with E-state index in [1.54, 1.807) is 6.20 Å². The second-order valence-electron chi connectivity index (χ2n) is 4.88. The first-order chi connectivity index (χ1) is 7.49. The Bertz CT molecular complexity index is 323. The van der Waals surface area contributed by atoms with Crippen molar-refractivity contribution in [3.05, 3.63) is 17.8 Å². The van der Waals surface area contributed by atoms with Crippen LogP contribution in [0.25, 0.3) is 0 Å². The van der Waals surface area contributed by atoms with Gasteiger partial charge in [-0.3, -0.25) is 0 Å². The van der Waals surface area contributed by atoms with Crippen LogP contribution in [0.3, 0.4) is 0 Å². The summed E-state index contributed by atoms with van der Waals surface area (Å²) in [5.74, 6) is 1.42. The summed E-state index contributed by atoms with van der Waals surface area (Å²) in [7, 11) is 4.16. The van der Waals surface area contributed by atoms with Gasteiger partial charge < -0.3 is 10.2 Å². The van der Waals surface area contributed by atoms with Crippen molar-refractivity contribution in [3.63, 3.8) is 0 Å². The molecule has 0 spiro atoms. The van der Waals surface area contributed by atoms with E-state index in [1.165, 1.54) is 0 Å². The molecule has 1 N–H and O–H groups in total. The van der Waals surface area contributed by atoms with Crippen LogP contribution in [0, 0.1) is 12.8 Å². The summed E-state index contributed by atoms with van der Waals surface area (Å²) in [5.41, 5.74) is 1.13. The Balaban J connectivity index is 2.68. The number of likely N-dealkylation sites (N-methyl/N-ethyl adjacent to an activating group) is 1. The summed E-state index contributed by atoms with van der Waals surface area (Å²) >= 11 is 0. The van der Waals surface area contributed by atoms with E-state index in [9.17, 15) is 0 Å². The highest BCUT2D eigenvalue weighted by molar-refractivity contribution is 5.36. The van der Waals surface area contributed by atoms with E-state index in [0.29, 0.717) is 12.0 Å². The second-order valence-corrected chi connectivity index (χ2v) is 4.88. The Morgan fingerprint density at radius 3 is 2.56 bits per heavy atom. The highest BCUT2D eigenvalue weighted by atomic mass is 15.2. The van der Waals surface area contributed by atoms with Crippen LogP contribution < -0.4 is 5.32 Å². The summed E-state index contributed by atoms with van der Waals surface area (Å²) in [6, 6.07) is 2.42. The predicted octanol–water partition coefficient (Wildman–Crippen LogP) is 1.78. The monoisotopic (exact) mass is 222 g/mol. The average Bonchev–Trinajstić information content (AvgIpc) is 2.15. The quantitative estimate of drug-likeness (QED) is 0.824. The summed E-state index contributed by atoms with van der Waals surface area (Å²) in [6.07, 6.45) is 1.77. The van der Waals surface area contributed by atoms with Gasteiger partial charge in [-0.2, -0.15) is 5.10 Å². The van der Waals surface area contributed by atoms with Crippen molar-refractivity contribution in [3.8, 4) is 0 Å². The third-order valence-electron chi connectivity index (χ3n) is 2.49. The normalized spacial score (nSPS) is 13.2. The molecule has 0 radical (unpaired) electrons. The molecule has 1 unspecified atom stereocenters. The minimum absolute atomic E-state index is 0.395. The first-order valence-electron chi connectivity index (χ1n) is 5.69. The lowest BCUT2D eigenvalue weighted by molar-refractivity contribution is 0.344. The average molecular weight is 222 g/mol. The van der Waals surface area contributed by atoms with E-state index < -0.39 is 0 Å². The first-order valence-corrected chi connectivity index (χ1v) is 5.69. The zero-order valence-electron chi connectivity index (χ0n) is 10.9. The van der Waals surface area contributed by atoms with Gasteiger partial charge in [0.25, 0.3) is 0 Å². The van der Waals surface area contributed by atoms with E-state index in [0.717, 1.165) is 17.9 Å². The number of aryl methyl sites for hydroxylation is 1. The van der Waals surface area contributed by atoms with Crippen LogP contribution in [0.5, 0.6) is 0 Å². The topological polar surface area (TPSA) is 41.1 Å². The maximum Gasteiger partial charge on any atom is 0.149 e. The van der Waals surface area contributed by atoms with Crippen molar-refractivity contribution >= 4 is 5.82 Å². The minimum Gasteiger partial charge on any atom is -0.364 e. The molecular weight excluding hydrogens is 200 g/mol. The molecule has 1 heterocycles. The van der Waals surface area contributed by atoms with E-state index >= 15 is 0 Å². The van der Waals surface area contributed by atoms with E-state index in [-0.39, 0.29) is 0 Å². The molecule has 4 nitrogen and oxygen atoms in total. The molecule has 1 aromatic rings. The summed E-state index contributed by atoms with van der Waals surface area (Å²) in [6.45, 7) is 7.44. The Morgan fingerprint density at radius 1 is 1.38 bits per heavy atom. The second kappa shape index (κ2) is 5.80. The Kier molecular flexibility index (Phi) is 4.68. The van der Waals surface area contributed by atoms with Gasteiger partial charge in [-0.1, -0.05) is 13.8 Å². The Labute approximate surface area is 98.1 Å². The zero-order chi connectivity index (χ0) is 12.1. The van der Waals surface area contributed by atoms with Crippen molar-refractivity contribution in [2.24, 2.45) is 5.92 Å². The van der Waals surface area contributed by atoms with Crippen LogP contribution in [0.4, 0.5) is 5.82 Å². The molecule has 1 aromatic heterocycles. The smallest absolute Gasteiger partial charge is 0.149 e. The van der Waals surface area contributed by atoms with Gasteiger partial charge in [0.15, 0.2) is 0 Å². The number of hydrogen-bond acceptors (Lipinski definition) is 4. The van der Waals surface area contributed by atoms with Crippen molar-refractivity contribution in [1.82, 2.24) is 15.1 Å². The van der Waals surface area contributed by atoms with Crippen molar-refractivity contribution in [2.45, 2.75) is 26.8 Å². The highest BCUT2D eigenvalue weighted by Crippen LogP contribution is 2.11. The van der Waals surface area contributed by atoms with Gasteiger partial charge >= 0.3 is 0 Å². The van der Waals surface area contributed by atoms with Crippen LogP contribution in [-0.4, -0.2) is 41.8 Å². The van der Waals surface area contributed by atoms with Crippen LogP contribution in [-0.2, 0) is 0 Å². The third kappa shape index (κ3) is 4.14. The molecule has 4 heteroatoms. The number of hydrogen-bond donors (Lipinski definition) is 1. The van der Waals surface area contributed by atoms with E-state index in [4.69, 9.17) is 0 Å². The molecule has 0 aliphatic heterocycles. The molecule has 0 amide bonds. The van der Waals surface area contributed by atoms with E-state index in [2.05, 4.69) is 48.4 Å². The maximum atomic E-state index is 4.09.